The number of nitrogens with one attached hydrogen (secondary N) is 1. The average molecular weight is 261 g/mol. The molecule has 2 aromatic carbocycles. The van der Waals surface area contributed by atoms with Crippen molar-refractivity contribution in [3.05, 3.63) is 59.1 Å². The quantitative estimate of drug-likeness (QED) is 0.811. The maximum absolute atomic E-state index is 6.12. The standard InChI is InChI=1S/C15H17ClN2/c1-11(12-6-3-2-4-7-12)10-18-15-13(16)8-5-9-14(15)17/h2-9,11,18H,10,17H2,1H3. The molecule has 0 aliphatic carbocycles. The third kappa shape index (κ3) is 2.96. The number of para-hydroxylation sites is 1. The van der Waals surface area contributed by atoms with Gasteiger partial charge in [-0.15, -0.1) is 0 Å². The molecule has 0 aliphatic heterocycles. The third-order valence-corrected chi connectivity index (χ3v) is 3.31. The average Bonchev–Trinajstić information content (AvgIpc) is 2.39. The second-order valence-electron chi connectivity index (χ2n) is 4.40. The number of hydrogen-bond donors (Lipinski definition) is 2. The van der Waals surface area contributed by atoms with E-state index >= 15 is 0 Å². The third-order valence-electron chi connectivity index (χ3n) is 3.00. The Balaban J connectivity index is 2.04. The van der Waals surface area contributed by atoms with E-state index in [1.165, 1.54) is 5.56 Å². The zero-order chi connectivity index (χ0) is 13.0. The highest BCUT2D eigenvalue weighted by Gasteiger charge is 2.08. The summed E-state index contributed by atoms with van der Waals surface area (Å²) in [6.07, 6.45) is 0. The summed E-state index contributed by atoms with van der Waals surface area (Å²) < 4.78 is 0. The summed E-state index contributed by atoms with van der Waals surface area (Å²) in [7, 11) is 0. The lowest BCUT2D eigenvalue weighted by atomic mass is 10.0. The zero-order valence-corrected chi connectivity index (χ0v) is 11.1. The van der Waals surface area contributed by atoms with Crippen LogP contribution >= 0.6 is 11.6 Å². The van der Waals surface area contributed by atoms with Crippen molar-refractivity contribution < 1.29 is 0 Å². The number of hydrogen-bond acceptors (Lipinski definition) is 2. The second-order valence-corrected chi connectivity index (χ2v) is 4.80. The molecule has 3 N–H and O–H groups in total. The zero-order valence-electron chi connectivity index (χ0n) is 10.4. The van der Waals surface area contributed by atoms with Crippen molar-refractivity contribution in [2.75, 3.05) is 17.6 Å². The molecule has 0 fully saturated rings. The first-order valence-corrected chi connectivity index (χ1v) is 6.39. The van der Waals surface area contributed by atoms with Gasteiger partial charge < -0.3 is 11.1 Å². The number of halogens is 1. The highest BCUT2D eigenvalue weighted by molar-refractivity contribution is 6.33. The largest absolute Gasteiger partial charge is 0.397 e. The van der Waals surface area contributed by atoms with Gasteiger partial charge in [0.15, 0.2) is 0 Å². The van der Waals surface area contributed by atoms with Crippen LogP contribution in [0, 0.1) is 0 Å². The van der Waals surface area contributed by atoms with Gasteiger partial charge in [0.1, 0.15) is 0 Å². The molecule has 3 heteroatoms. The van der Waals surface area contributed by atoms with E-state index < -0.39 is 0 Å². The molecule has 94 valence electrons. The van der Waals surface area contributed by atoms with Crippen LogP contribution < -0.4 is 11.1 Å². The summed E-state index contributed by atoms with van der Waals surface area (Å²) in [5.74, 6) is 0.405. The molecule has 0 saturated carbocycles. The Morgan fingerprint density at radius 3 is 2.50 bits per heavy atom. The van der Waals surface area contributed by atoms with E-state index in [9.17, 15) is 0 Å². The summed E-state index contributed by atoms with van der Waals surface area (Å²) in [5, 5.41) is 3.98. The van der Waals surface area contributed by atoms with Gasteiger partial charge in [-0.05, 0) is 23.6 Å². The Morgan fingerprint density at radius 2 is 1.83 bits per heavy atom. The van der Waals surface area contributed by atoms with Crippen LogP contribution in [0.5, 0.6) is 0 Å². The molecule has 0 bridgehead atoms. The Hall–Kier alpha value is -1.67. The SMILES string of the molecule is CC(CNc1c(N)cccc1Cl)c1ccccc1. The Morgan fingerprint density at radius 1 is 1.11 bits per heavy atom. The number of nitrogens with two attached hydrogens (primary N) is 1. The Kier molecular flexibility index (Phi) is 4.11. The van der Waals surface area contributed by atoms with Crippen LogP contribution in [-0.4, -0.2) is 6.54 Å². The van der Waals surface area contributed by atoms with E-state index in [2.05, 4.69) is 36.5 Å². The first-order chi connectivity index (χ1) is 8.68. The Labute approximate surface area is 113 Å². The molecule has 0 heterocycles. The van der Waals surface area contributed by atoms with Gasteiger partial charge in [0.05, 0.1) is 16.4 Å². The smallest absolute Gasteiger partial charge is 0.0763 e. The summed E-state index contributed by atoms with van der Waals surface area (Å²) in [6.45, 7) is 2.98. The van der Waals surface area contributed by atoms with Crippen molar-refractivity contribution in [2.24, 2.45) is 0 Å². The molecule has 0 saturated heterocycles. The van der Waals surface area contributed by atoms with Gasteiger partial charge in [0.2, 0.25) is 0 Å². The molecule has 0 spiro atoms. The van der Waals surface area contributed by atoms with Crippen molar-refractivity contribution in [1.29, 1.82) is 0 Å². The van der Waals surface area contributed by atoms with Gasteiger partial charge in [-0.25, -0.2) is 0 Å². The molecule has 0 aromatic heterocycles. The summed E-state index contributed by atoms with van der Waals surface area (Å²) >= 11 is 6.12. The van der Waals surface area contributed by atoms with Crippen LogP contribution in [0.1, 0.15) is 18.4 Å². The first kappa shape index (κ1) is 12.8. The van der Waals surface area contributed by atoms with Crippen molar-refractivity contribution >= 4 is 23.0 Å². The lowest BCUT2D eigenvalue weighted by Crippen LogP contribution is -2.11. The second kappa shape index (κ2) is 5.78. The molecule has 2 nitrogen and oxygen atoms in total. The van der Waals surface area contributed by atoms with E-state index in [4.69, 9.17) is 17.3 Å². The van der Waals surface area contributed by atoms with E-state index in [1.54, 1.807) is 0 Å². The van der Waals surface area contributed by atoms with Gasteiger partial charge >= 0.3 is 0 Å². The molecule has 0 radical (unpaired) electrons. The van der Waals surface area contributed by atoms with Gasteiger partial charge in [-0.1, -0.05) is 54.9 Å². The van der Waals surface area contributed by atoms with Crippen LogP contribution in [0.25, 0.3) is 0 Å². The van der Waals surface area contributed by atoms with Crippen LogP contribution in [0.4, 0.5) is 11.4 Å². The fourth-order valence-electron chi connectivity index (χ4n) is 1.88. The van der Waals surface area contributed by atoms with Gasteiger partial charge in [-0.3, -0.25) is 0 Å². The van der Waals surface area contributed by atoms with Crippen LogP contribution in [0.15, 0.2) is 48.5 Å². The maximum Gasteiger partial charge on any atom is 0.0763 e. The van der Waals surface area contributed by atoms with Gasteiger partial charge in [-0.2, -0.15) is 0 Å². The van der Waals surface area contributed by atoms with Gasteiger partial charge in [0, 0.05) is 6.54 Å². The molecule has 2 aromatic rings. The van der Waals surface area contributed by atoms with E-state index in [1.807, 2.05) is 24.3 Å². The normalized spacial score (nSPS) is 12.1. The van der Waals surface area contributed by atoms with E-state index in [-0.39, 0.29) is 0 Å². The number of anilines is 2. The maximum atomic E-state index is 6.12. The highest BCUT2D eigenvalue weighted by atomic mass is 35.5. The predicted octanol–water partition coefficient (Wildman–Crippen LogP) is 4.14. The molecular formula is C15H17ClN2. The molecule has 18 heavy (non-hydrogen) atoms. The highest BCUT2D eigenvalue weighted by Crippen LogP contribution is 2.28. The predicted molar refractivity (Wildman–Crippen MR) is 79.2 cm³/mol. The lowest BCUT2D eigenvalue weighted by Gasteiger charge is -2.16. The van der Waals surface area contributed by atoms with Crippen LogP contribution in [0.2, 0.25) is 5.02 Å². The van der Waals surface area contributed by atoms with E-state index in [0.717, 1.165) is 12.2 Å². The fraction of sp³-hybridized carbons (Fsp3) is 0.200. The summed E-state index contributed by atoms with van der Waals surface area (Å²) in [6, 6.07) is 15.9. The lowest BCUT2D eigenvalue weighted by molar-refractivity contribution is 0.805. The van der Waals surface area contributed by atoms with Crippen molar-refractivity contribution in [3.8, 4) is 0 Å². The topological polar surface area (TPSA) is 38.0 Å². The minimum Gasteiger partial charge on any atom is -0.397 e. The minimum absolute atomic E-state index is 0.405. The van der Waals surface area contributed by atoms with Crippen molar-refractivity contribution in [3.63, 3.8) is 0 Å². The monoisotopic (exact) mass is 260 g/mol. The number of nitrogen functional groups attached to an aromatic ring is 1. The molecule has 0 amide bonds. The number of rotatable bonds is 4. The first-order valence-electron chi connectivity index (χ1n) is 6.01. The molecule has 2 rings (SSSR count). The molecule has 1 unspecified atom stereocenters. The molecule has 1 atom stereocenters. The number of benzene rings is 2. The van der Waals surface area contributed by atoms with Crippen LogP contribution in [0.3, 0.4) is 0 Å². The van der Waals surface area contributed by atoms with Crippen molar-refractivity contribution in [2.45, 2.75) is 12.8 Å². The van der Waals surface area contributed by atoms with Gasteiger partial charge in [0.25, 0.3) is 0 Å². The Bertz CT molecular complexity index is 491. The van der Waals surface area contributed by atoms with Crippen molar-refractivity contribution in [1.82, 2.24) is 0 Å². The minimum atomic E-state index is 0.405. The summed E-state index contributed by atoms with van der Waals surface area (Å²) in [4.78, 5) is 0. The fourth-order valence-corrected chi connectivity index (χ4v) is 2.13. The van der Waals surface area contributed by atoms with E-state index in [0.29, 0.717) is 16.6 Å². The van der Waals surface area contributed by atoms with Crippen LogP contribution in [-0.2, 0) is 0 Å². The molecule has 0 aliphatic rings. The molecular weight excluding hydrogens is 244 g/mol. The summed E-state index contributed by atoms with van der Waals surface area (Å²) in [5.41, 5.74) is 8.71.